The van der Waals surface area contributed by atoms with Crippen LogP contribution in [0.5, 0.6) is 0 Å². The fourth-order valence-corrected chi connectivity index (χ4v) is 1.63. The predicted octanol–water partition coefficient (Wildman–Crippen LogP) is 2.94. The first-order valence-electron chi connectivity index (χ1n) is 5.43. The number of benzene rings is 1. The molecule has 0 amide bonds. The number of rotatable bonds is 3. The minimum Gasteiger partial charge on any atom is -0.281 e. The third-order valence-electron chi connectivity index (χ3n) is 2.40. The molecule has 3 heteroatoms. The highest BCUT2D eigenvalue weighted by Crippen LogP contribution is 2.21. The summed E-state index contributed by atoms with van der Waals surface area (Å²) >= 11 is 0. The van der Waals surface area contributed by atoms with E-state index in [1.54, 1.807) is 0 Å². The molecule has 16 heavy (non-hydrogen) atoms. The summed E-state index contributed by atoms with van der Waals surface area (Å²) in [5.41, 5.74) is 2.43. The first-order chi connectivity index (χ1) is 7.67. The molecule has 0 radical (unpaired) electrons. The van der Waals surface area contributed by atoms with Crippen molar-refractivity contribution in [3.8, 4) is 6.19 Å². The van der Waals surface area contributed by atoms with Crippen LogP contribution < -0.4 is 5.32 Å². The highest BCUT2D eigenvalue weighted by molar-refractivity contribution is 5.81. The van der Waals surface area contributed by atoms with Crippen LogP contribution in [-0.4, -0.2) is 5.84 Å². The van der Waals surface area contributed by atoms with Crippen LogP contribution in [0, 0.1) is 18.4 Å². The average molecular weight is 215 g/mol. The van der Waals surface area contributed by atoms with Crippen molar-refractivity contribution >= 4 is 5.84 Å². The molecule has 0 aromatic heterocycles. The molecule has 0 spiro atoms. The standard InChI is InChI=1S/C13H17N3/c1-4-13(16-11(3)15-9-14)12-7-5-6-10(2)8-12/h5-8,13H,4H2,1-3H3,(H,15,16)/t13-/m1/s1. The van der Waals surface area contributed by atoms with E-state index in [2.05, 4.69) is 42.4 Å². The van der Waals surface area contributed by atoms with E-state index in [4.69, 9.17) is 5.26 Å². The normalized spacial score (nSPS) is 13.0. The lowest BCUT2D eigenvalue weighted by Gasteiger charge is -2.12. The third-order valence-corrected chi connectivity index (χ3v) is 2.40. The van der Waals surface area contributed by atoms with Gasteiger partial charge in [0.05, 0.1) is 6.04 Å². The zero-order chi connectivity index (χ0) is 12.0. The molecule has 0 aliphatic rings. The van der Waals surface area contributed by atoms with E-state index in [1.165, 1.54) is 11.1 Å². The summed E-state index contributed by atoms with van der Waals surface area (Å²) in [6, 6.07) is 8.44. The van der Waals surface area contributed by atoms with Crippen LogP contribution in [0.4, 0.5) is 0 Å². The Morgan fingerprint density at radius 2 is 2.31 bits per heavy atom. The zero-order valence-corrected chi connectivity index (χ0v) is 9.99. The van der Waals surface area contributed by atoms with Crippen LogP contribution in [0.25, 0.3) is 0 Å². The average Bonchev–Trinajstić information content (AvgIpc) is 2.26. The maximum atomic E-state index is 8.50. The highest BCUT2D eigenvalue weighted by atomic mass is 15.0. The van der Waals surface area contributed by atoms with Crippen LogP contribution in [0.15, 0.2) is 29.3 Å². The fourth-order valence-electron chi connectivity index (χ4n) is 1.63. The van der Waals surface area contributed by atoms with E-state index >= 15 is 0 Å². The van der Waals surface area contributed by atoms with Crippen LogP contribution in [0.2, 0.25) is 0 Å². The SMILES string of the molecule is CC[C@@H](N=C(C)NC#N)c1cccc(C)c1. The Hall–Kier alpha value is -1.82. The number of amidine groups is 1. The Balaban J connectivity index is 2.91. The van der Waals surface area contributed by atoms with Crippen molar-refractivity contribution in [2.24, 2.45) is 4.99 Å². The monoisotopic (exact) mass is 215 g/mol. The molecule has 0 bridgehead atoms. The van der Waals surface area contributed by atoms with Crippen molar-refractivity contribution < 1.29 is 0 Å². The summed E-state index contributed by atoms with van der Waals surface area (Å²) in [5.74, 6) is 0.663. The molecule has 1 aromatic rings. The molecule has 0 aliphatic heterocycles. The van der Waals surface area contributed by atoms with E-state index in [0.29, 0.717) is 5.84 Å². The van der Waals surface area contributed by atoms with Gasteiger partial charge in [-0.05, 0) is 25.8 Å². The molecule has 0 unspecified atom stereocenters. The molecule has 0 saturated heterocycles. The second kappa shape index (κ2) is 5.92. The van der Waals surface area contributed by atoms with Gasteiger partial charge < -0.3 is 0 Å². The number of hydrogen-bond acceptors (Lipinski definition) is 2. The molecule has 1 rings (SSSR count). The van der Waals surface area contributed by atoms with Gasteiger partial charge in [0.25, 0.3) is 0 Å². The lowest BCUT2D eigenvalue weighted by Crippen LogP contribution is -2.14. The van der Waals surface area contributed by atoms with Gasteiger partial charge in [0.2, 0.25) is 0 Å². The smallest absolute Gasteiger partial charge is 0.182 e. The van der Waals surface area contributed by atoms with Crippen LogP contribution in [0.1, 0.15) is 37.4 Å². The Labute approximate surface area is 96.8 Å². The van der Waals surface area contributed by atoms with Gasteiger partial charge in [-0.15, -0.1) is 0 Å². The van der Waals surface area contributed by atoms with Crippen LogP contribution in [0.3, 0.4) is 0 Å². The summed E-state index contributed by atoms with van der Waals surface area (Å²) in [7, 11) is 0. The lowest BCUT2D eigenvalue weighted by atomic mass is 10.0. The minimum atomic E-state index is 0.126. The number of aliphatic imine (C=N–C) groups is 1. The molecule has 3 nitrogen and oxygen atoms in total. The number of hydrogen-bond donors (Lipinski definition) is 1. The quantitative estimate of drug-likeness (QED) is 0.365. The predicted molar refractivity (Wildman–Crippen MR) is 66.1 cm³/mol. The zero-order valence-electron chi connectivity index (χ0n) is 9.99. The number of aryl methyl sites for hydroxylation is 1. The fraction of sp³-hybridized carbons (Fsp3) is 0.385. The van der Waals surface area contributed by atoms with Gasteiger partial charge in [-0.1, -0.05) is 36.8 Å². The Kier molecular flexibility index (Phi) is 4.53. The lowest BCUT2D eigenvalue weighted by molar-refractivity contribution is 0.697. The Bertz CT molecular complexity index is 415. The Morgan fingerprint density at radius 3 is 2.88 bits per heavy atom. The second-order valence-corrected chi connectivity index (χ2v) is 3.79. The maximum Gasteiger partial charge on any atom is 0.182 e. The maximum absolute atomic E-state index is 8.50. The van der Waals surface area contributed by atoms with Gasteiger partial charge in [-0.25, -0.2) is 0 Å². The van der Waals surface area contributed by atoms with E-state index < -0.39 is 0 Å². The summed E-state index contributed by atoms with van der Waals surface area (Å²) in [6.45, 7) is 5.97. The molecular formula is C13H17N3. The molecule has 1 atom stereocenters. The van der Waals surface area contributed by atoms with E-state index in [0.717, 1.165) is 6.42 Å². The summed E-state index contributed by atoms with van der Waals surface area (Å²) in [6.07, 6.45) is 2.80. The Morgan fingerprint density at radius 1 is 1.56 bits per heavy atom. The first kappa shape index (κ1) is 12.3. The van der Waals surface area contributed by atoms with E-state index in [9.17, 15) is 0 Å². The topological polar surface area (TPSA) is 48.2 Å². The molecule has 1 N–H and O–H groups in total. The largest absolute Gasteiger partial charge is 0.281 e. The van der Waals surface area contributed by atoms with Crippen molar-refractivity contribution in [1.82, 2.24) is 5.32 Å². The number of nitriles is 1. The van der Waals surface area contributed by atoms with Gasteiger partial charge in [0.1, 0.15) is 5.84 Å². The van der Waals surface area contributed by atoms with Gasteiger partial charge in [-0.3, -0.25) is 10.3 Å². The summed E-state index contributed by atoms with van der Waals surface area (Å²) < 4.78 is 0. The molecule has 0 aliphatic carbocycles. The van der Waals surface area contributed by atoms with E-state index in [-0.39, 0.29) is 6.04 Å². The summed E-state index contributed by atoms with van der Waals surface area (Å²) in [5, 5.41) is 11.0. The molecule has 0 saturated carbocycles. The minimum absolute atomic E-state index is 0.126. The van der Waals surface area contributed by atoms with Gasteiger partial charge in [-0.2, -0.15) is 5.26 Å². The van der Waals surface area contributed by atoms with Crippen molar-refractivity contribution in [3.63, 3.8) is 0 Å². The van der Waals surface area contributed by atoms with Gasteiger partial charge >= 0.3 is 0 Å². The third kappa shape index (κ3) is 3.39. The number of nitrogens with one attached hydrogen (secondary N) is 1. The summed E-state index contributed by atoms with van der Waals surface area (Å²) in [4.78, 5) is 4.48. The molecule has 1 aromatic carbocycles. The van der Waals surface area contributed by atoms with Crippen molar-refractivity contribution in [1.29, 1.82) is 5.26 Å². The van der Waals surface area contributed by atoms with Crippen LogP contribution in [-0.2, 0) is 0 Å². The van der Waals surface area contributed by atoms with Crippen LogP contribution >= 0.6 is 0 Å². The molecule has 0 fully saturated rings. The van der Waals surface area contributed by atoms with Crippen molar-refractivity contribution in [2.75, 3.05) is 0 Å². The van der Waals surface area contributed by atoms with Crippen molar-refractivity contribution in [3.05, 3.63) is 35.4 Å². The second-order valence-electron chi connectivity index (χ2n) is 3.79. The first-order valence-corrected chi connectivity index (χ1v) is 5.43. The molecule has 84 valence electrons. The molecule has 0 heterocycles. The molecular weight excluding hydrogens is 198 g/mol. The highest BCUT2D eigenvalue weighted by Gasteiger charge is 2.07. The number of nitrogens with zero attached hydrogens (tertiary/aromatic N) is 2. The van der Waals surface area contributed by atoms with Crippen molar-refractivity contribution in [2.45, 2.75) is 33.2 Å². The van der Waals surface area contributed by atoms with Gasteiger partial charge in [0, 0.05) is 0 Å². The van der Waals surface area contributed by atoms with Gasteiger partial charge in [0.15, 0.2) is 6.19 Å². The van der Waals surface area contributed by atoms with E-state index in [1.807, 2.05) is 19.2 Å².